The van der Waals surface area contributed by atoms with Crippen molar-refractivity contribution in [3.8, 4) is 0 Å². The van der Waals surface area contributed by atoms with Gasteiger partial charge >= 0.3 is 9.17 Å². The summed E-state index contributed by atoms with van der Waals surface area (Å²) in [4.78, 5) is 14.3. The summed E-state index contributed by atoms with van der Waals surface area (Å²) in [6.45, 7) is 0. The fourth-order valence-electron chi connectivity index (χ4n) is 0. The van der Waals surface area contributed by atoms with Crippen molar-refractivity contribution in [3.63, 3.8) is 0 Å². The van der Waals surface area contributed by atoms with Crippen LogP contribution in [0, 0.1) is 0 Å². The van der Waals surface area contributed by atoms with E-state index >= 15 is 0 Å². The van der Waals surface area contributed by atoms with Gasteiger partial charge in [-0.05, 0) is 0 Å². The molecule has 9 heteroatoms. The summed E-state index contributed by atoms with van der Waals surface area (Å²) >= 11 is 3.47. The molecule has 56 valence electrons. The van der Waals surface area contributed by atoms with Crippen LogP contribution in [-0.2, 0) is 24.7 Å². The maximum Gasteiger partial charge on any atom is 0.761 e. The molecule has 0 aromatic rings. The summed E-state index contributed by atoms with van der Waals surface area (Å²) < 4.78 is 32.7. The molecule has 0 aromatic heterocycles. The molecule has 0 saturated carbocycles. The van der Waals surface area contributed by atoms with Gasteiger partial charge in [0.25, 0.3) is 9.05 Å². The fraction of sp³-hybridized carbons (Fsp3) is 0. The van der Waals surface area contributed by atoms with E-state index in [1.807, 2.05) is 0 Å². The van der Waals surface area contributed by atoms with Gasteiger partial charge in [0.1, 0.15) is 0 Å². The lowest BCUT2D eigenvalue weighted by atomic mass is 15.8. The van der Waals surface area contributed by atoms with Crippen molar-refractivity contribution in [2.45, 2.75) is 0 Å². The number of hydrogen-bond acceptors (Lipinski definition) is 3. The van der Waals surface area contributed by atoms with Gasteiger partial charge in [0, 0.05) is 11.2 Å². The first kappa shape index (κ1) is 11.7. The standard InChI is InChI=1S/H2O3S2.H2O3Si/c1-5(2,3)4;1-4(2)3/h(H2,1,2,3,4);1-2H. The predicted octanol–water partition coefficient (Wildman–Crippen LogP) is -1.93. The Morgan fingerprint density at radius 1 is 1.33 bits per heavy atom. The highest BCUT2D eigenvalue weighted by molar-refractivity contribution is 8.26. The molecular weight excluding hydrogens is 188 g/mol. The van der Waals surface area contributed by atoms with E-state index in [4.69, 9.17) is 27.4 Å². The van der Waals surface area contributed by atoms with Crippen LogP contribution >= 0.6 is 0 Å². The minimum Gasteiger partial charge on any atom is -0.511 e. The molecule has 0 radical (unpaired) electrons. The molecule has 0 rings (SSSR count). The Bertz CT molecular complexity index is 153. The average Bonchev–Trinajstić information content (AvgIpc) is 1.19. The summed E-state index contributed by atoms with van der Waals surface area (Å²) in [7, 11) is -6.96. The normalized spacial score (nSPS) is 9.11. The summed E-state index contributed by atoms with van der Waals surface area (Å²) in [5.74, 6) is 0. The first-order valence-corrected chi connectivity index (χ1v) is 5.05. The van der Waals surface area contributed by atoms with E-state index in [1.165, 1.54) is 0 Å². The third-order valence-corrected chi connectivity index (χ3v) is 0. The molecule has 9 heavy (non-hydrogen) atoms. The van der Waals surface area contributed by atoms with Crippen LogP contribution in [0.5, 0.6) is 0 Å². The topological polar surface area (TPSA) is 115 Å². The quantitative estimate of drug-likeness (QED) is 0.330. The Kier molecular flexibility index (Phi) is 6.17. The Labute approximate surface area is 57.4 Å². The largest absolute Gasteiger partial charge is 0.761 e. The maximum atomic E-state index is 9.11. The van der Waals surface area contributed by atoms with E-state index in [-0.39, 0.29) is 0 Å². The first-order valence-electron chi connectivity index (χ1n) is 1.35. The molecule has 0 aromatic carbocycles. The molecule has 0 atom stereocenters. The third-order valence-electron chi connectivity index (χ3n) is 0. The van der Waals surface area contributed by atoms with Crippen molar-refractivity contribution in [2.75, 3.05) is 0 Å². The molecule has 4 N–H and O–H groups in total. The van der Waals surface area contributed by atoms with Crippen molar-refractivity contribution >= 4 is 29.4 Å². The van der Waals surface area contributed by atoms with Gasteiger partial charge in [-0.15, -0.1) is 0 Å². The lowest BCUT2D eigenvalue weighted by molar-refractivity contribution is 0.330. The van der Waals surface area contributed by atoms with E-state index in [1.54, 1.807) is 0 Å². The van der Waals surface area contributed by atoms with Gasteiger partial charge in [-0.3, -0.25) is 13.6 Å². The van der Waals surface area contributed by atoms with Crippen molar-refractivity contribution in [1.82, 2.24) is 0 Å². The predicted molar refractivity (Wildman–Crippen MR) is 31.6 cm³/mol. The second-order valence-corrected chi connectivity index (χ2v) is 3.49. The average molecular weight is 192 g/mol. The number of rotatable bonds is 0. The smallest absolute Gasteiger partial charge is 0.511 e. The van der Waals surface area contributed by atoms with Crippen molar-refractivity contribution in [1.29, 1.82) is 0 Å². The summed E-state index contributed by atoms with van der Waals surface area (Å²) in [5.41, 5.74) is 0. The van der Waals surface area contributed by atoms with E-state index in [0.29, 0.717) is 0 Å². The van der Waals surface area contributed by atoms with Gasteiger partial charge in [0.15, 0.2) is 0 Å². The first-order chi connectivity index (χ1) is 3.73. The number of hydrogen-bond donors (Lipinski definition) is 4. The van der Waals surface area contributed by atoms with Crippen LogP contribution in [0.15, 0.2) is 0 Å². The van der Waals surface area contributed by atoms with Crippen LogP contribution in [0.2, 0.25) is 0 Å². The third kappa shape index (κ3) is 31800. The highest BCUT2D eigenvalue weighted by Crippen LogP contribution is 1.62. The maximum absolute atomic E-state index is 9.11. The molecule has 0 aliphatic rings. The van der Waals surface area contributed by atoms with Gasteiger partial charge < -0.3 is 9.59 Å². The van der Waals surface area contributed by atoms with Gasteiger partial charge in [0.2, 0.25) is 0 Å². The molecule has 0 spiro atoms. The molecule has 0 fully saturated rings. The van der Waals surface area contributed by atoms with E-state index in [0.717, 1.165) is 0 Å². The molecule has 6 nitrogen and oxygen atoms in total. The van der Waals surface area contributed by atoms with Crippen LogP contribution < -0.4 is 0 Å². The monoisotopic (exact) mass is 192 g/mol. The highest BCUT2D eigenvalue weighted by atomic mass is 32.9. The minimum absolute atomic E-state index is 3.13. The van der Waals surface area contributed by atoms with E-state index in [9.17, 15) is 0 Å². The summed E-state index contributed by atoms with van der Waals surface area (Å²) in [5, 5.41) is 0. The molecular formula is H4O6S2Si. The molecule has 0 heterocycles. The van der Waals surface area contributed by atoms with Crippen LogP contribution in [-0.4, -0.2) is 32.1 Å². The SMILES string of the molecule is O=S(O)(O)=S.O=[Si](O)O. The Balaban J connectivity index is 0. The molecule has 0 saturated heterocycles. The van der Waals surface area contributed by atoms with Crippen LogP contribution in [0.1, 0.15) is 0 Å². The molecule has 0 aliphatic carbocycles. The summed E-state index contributed by atoms with van der Waals surface area (Å²) in [6.07, 6.45) is 0. The van der Waals surface area contributed by atoms with Crippen LogP contribution in [0.3, 0.4) is 0 Å². The zero-order valence-corrected chi connectivity index (χ0v) is 6.55. The van der Waals surface area contributed by atoms with Crippen molar-refractivity contribution < 1.29 is 27.4 Å². The zero-order chi connectivity index (χ0) is 8.08. The molecule has 0 unspecified atom stereocenters. The molecule has 0 amide bonds. The lowest BCUT2D eigenvalue weighted by Crippen LogP contribution is -1.90. The molecule has 0 bridgehead atoms. The minimum atomic E-state index is -3.83. The second kappa shape index (κ2) is 4.75. The zero-order valence-electron chi connectivity index (χ0n) is 3.92. The van der Waals surface area contributed by atoms with Crippen molar-refractivity contribution in [3.05, 3.63) is 0 Å². The van der Waals surface area contributed by atoms with Crippen molar-refractivity contribution in [2.24, 2.45) is 0 Å². The highest BCUT2D eigenvalue weighted by Gasteiger charge is 1.85. The van der Waals surface area contributed by atoms with Gasteiger partial charge in [-0.1, -0.05) is 0 Å². The van der Waals surface area contributed by atoms with Crippen LogP contribution in [0.25, 0.3) is 0 Å². The summed E-state index contributed by atoms with van der Waals surface area (Å²) in [6, 6.07) is 0. The fourth-order valence-corrected chi connectivity index (χ4v) is 0. The van der Waals surface area contributed by atoms with E-state index in [2.05, 4.69) is 11.2 Å². The Hall–Kier alpha value is -0.0931. The van der Waals surface area contributed by atoms with Crippen LogP contribution in [0.4, 0.5) is 0 Å². The Morgan fingerprint density at radius 3 is 1.33 bits per heavy atom. The Morgan fingerprint density at radius 2 is 1.33 bits per heavy atom. The second-order valence-electron chi connectivity index (χ2n) is 0.730. The lowest BCUT2D eigenvalue weighted by Gasteiger charge is -1.73. The van der Waals surface area contributed by atoms with Gasteiger partial charge in [0.05, 0.1) is 0 Å². The van der Waals surface area contributed by atoms with Gasteiger partial charge in [-0.25, -0.2) is 0 Å². The van der Waals surface area contributed by atoms with E-state index < -0.39 is 18.2 Å². The van der Waals surface area contributed by atoms with Gasteiger partial charge in [-0.2, -0.15) is 4.21 Å². The molecule has 0 aliphatic heterocycles.